The van der Waals surface area contributed by atoms with Gasteiger partial charge in [-0.1, -0.05) is 108 Å². The van der Waals surface area contributed by atoms with Crippen molar-refractivity contribution in [3.8, 4) is 11.1 Å². The van der Waals surface area contributed by atoms with Gasteiger partial charge in [0.1, 0.15) is 0 Å². The van der Waals surface area contributed by atoms with Crippen molar-refractivity contribution in [1.82, 2.24) is 0 Å². The van der Waals surface area contributed by atoms with Crippen LogP contribution in [0, 0.1) is 25.2 Å². The second kappa shape index (κ2) is 12.3. The summed E-state index contributed by atoms with van der Waals surface area (Å²) in [6.45, 7) is 20.9. The second-order valence-corrected chi connectivity index (χ2v) is 14.5. The van der Waals surface area contributed by atoms with Crippen LogP contribution in [0.15, 0.2) is 66.7 Å². The minimum Gasteiger partial charge on any atom is -0.0998 e. The third-order valence-corrected chi connectivity index (χ3v) is 10.7. The van der Waals surface area contributed by atoms with E-state index in [4.69, 9.17) is 0 Å². The zero-order chi connectivity index (χ0) is 29.3. The van der Waals surface area contributed by atoms with Crippen LogP contribution in [0.25, 0.3) is 11.1 Å². The van der Waals surface area contributed by atoms with Gasteiger partial charge in [0.25, 0.3) is 0 Å². The first-order valence-electron chi connectivity index (χ1n) is 16.6. The molecule has 3 aromatic carbocycles. The molecule has 0 nitrogen and oxygen atoms in total. The average molecular weight is 547 g/mol. The van der Waals surface area contributed by atoms with Crippen molar-refractivity contribution in [2.45, 2.75) is 124 Å². The van der Waals surface area contributed by atoms with E-state index in [1.807, 2.05) is 0 Å². The number of hydrogen-bond acceptors (Lipinski definition) is 0. The highest BCUT2D eigenvalue weighted by Crippen LogP contribution is 2.52. The van der Waals surface area contributed by atoms with Crippen LogP contribution in [0.5, 0.6) is 0 Å². The van der Waals surface area contributed by atoms with E-state index in [1.165, 1.54) is 76.6 Å². The lowest BCUT2D eigenvalue weighted by Gasteiger charge is -2.30. The summed E-state index contributed by atoms with van der Waals surface area (Å²) >= 11 is 0. The summed E-state index contributed by atoms with van der Waals surface area (Å²) in [5.41, 5.74) is 15.2. The Kier molecular flexibility index (Phi) is 8.98. The first-order valence-corrected chi connectivity index (χ1v) is 16.6. The van der Waals surface area contributed by atoms with Gasteiger partial charge in [0.15, 0.2) is 0 Å². The van der Waals surface area contributed by atoms with Gasteiger partial charge in [-0.2, -0.15) is 0 Å². The molecule has 218 valence electrons. The first-order chi connectivity index (χ1) is 19.6. The Morgan fingerprint density at radius 1 is 0.927 bits per heavy atom. The lowest BCUT2D eigenvalue weighted by atomic mass is 9.74. The number of allylic oxidation sites excluding steroid dienone is 1. The third kappa shape index (κ3) is 6.58. The molecule has 0 aromatic heterocycles. The van der Waals surface area contributed by atoms with Gasteiger partial charge >= 0.3 is 0 Å². The Balaban J connectivity index is 1.46. The van der Waals surface area contributed by atoms with E-state index in [1.54, 1.807) is 11.1 Å². The summed E-state index contributed by atoms with van der Waals surface area (Å²) < 4.78 is 0. The van der Waals surface area contributed by atoms with Gasteiger partial charge in [-0.25, -0.2) is 0 Å². The van der Waals surface area contributed by atoms with Crippen LogP contribution in [-0.2, 0) is 12.8 Å². The van der Waals surface area contributed by atoms with Crippen molar-refractivity contribution in [3.63, 3.8) is 0 Å². The molecule has 0 aliphatic heterocycles. The molecule has 2 aliphatic carbocycles. The van der Waals surface area contributed by atoms with Crippen LogP contribution in [0.2, 0.25) is 0 Å². The fraction of sp³-hybridized carbons (Fsp3) is 0.512. The van der Waals surface area contributed by atoms with Crippen LogP contribution in [0.1, 0.15) is 136 Å². The molecule has 0 radical (unpaired) electrons. The molecule has 0 saturated heterocycles. The molecule has 2 aliphatic rings. The van der Waals surface area contributed by atoms with Crippen molar-refractivity contribution in [1.29, 1.82) is 0 Å². The van der Waals surface area contributed by atoms with Gasteiger partial charge < -0.3 is 0 Å². The quantitative estimate of drug-likeness (QED) is 0.210. The molecule has 2 atom stereocenters. The first kappa shape index (κ1) is 29.9. The Morgan fingerprint density at radius 3 is 2.37 bits per heavy atom. The summed E-state index contributed by atoms with van der Waals surface area (Å²) in [5.74, 6) is 2.67. The van der Waals surface area contributed by atoms with Crippen LogP contribution in [-0.4, -0.2) is 0 Å². The Morgan fingerprint density at radius 2 is 1.71 bits per heavy atom. The maximum atomic E-state index is 4.38. The molecule has 0 amide bonds. The molecular weight excluding hydrogens is 492 g/mol. The van der Waals surface area contributed by atoms with E-state index >= 15 is 0 Å². The average Bonchev–Trinajstić information content (AvgIpc) is 3.73. The minimum atomic E-state index is 0.349. The normalized spacial score (nSPS) is 19.1. The van der Waals surface area contributed by atoms with Crippen LogP contribution < -0.4 is 0 Å². The number of benzene rings is 3. The zero-order valence-corrected chi connectivity index (χ0v) is 27.1. The van der Waals surface area contributed by atoms with E-state index in [0.29, 0.717) is 23.2 Å². The summed E-state index contributed by atoms with van der Waals surface area (Å²) in [4.78, 5) is 0. The van der Waals surface area contributed by atoms with Crippen molar-refractivity contribution >= 4 is 0 Å². The summed E-state index contributed by atoms with van der Waals surface area (Å²) in [6.07, 6.45) is 11.2. The van der Waals surface area contributed by atoms with Gasteiger partial charge in [-0.05, 0) is 144 Å². The summed E-state index contributed by atoms with van der Waals surface area (Å²) in [6, 6.07) is 21.7. The number of aryl methyl sites for hydroxylation is 3. The molecule has 41 heavy (non-hydrogen) atoms. The topological polar surface area (TPSA) is 0 Å². The SMILES string of the molecule is C=C(CC)C[C@@H](c1cccc(CCc2ccc(-c3cc(C(C)C)ccc3C)c([C@@H]3CCCC3(C)C)c2)c1C)C1CC1. The fourth-order valence-corrected chi connectivity index (χ4v) is 7.63. The summed E-state index contributed by atoms with van der Waals surface area (Å²) in [7, 11) is 0. The Labute approximate surface area is 251 Å². The lowest BCUT2D eigenvalue weighted by Crippen LogP contribution is -2.16. The van der Waals surface area contributed by atoms with Crippen LogP contribution in [0.4, 0.5) is 0 Å². The predicted octanol–water partition coefficient (Wildman–Crippen LogP) is 12.0. The van der Waals surface area contributed by atoms with E-state index in [-0.39, 0.29) is 0 Å². The largest absolute Gasteiger partial charge is 0.0998 e. The molecule has 0 bridgehead atoms. The highest BCUT2D eigenvalue weighted by Gasteiger charge is 2.37. The minimum absolute atomic E-state index is 0.349. The van der Waals surface area contributed by atoms with Crippen molar-refractivity contribution < 1.29 is 0 Å². The maximum Gasteiger partial charge on any atom is -0.00938 e. The smallest absolute Gasteiger partial charge is 0.00938 e. The molecule has 0 N–H and O–H groups in total. The van der Waals surface area contributed by atoms with Gasteiger partial charge in [0.05, 0.1) is 0 Å². The van der Waals surface area contributed by atoms with Gasteiger partial charge in [0, 0.05) is 0 Å². The predicted molar refractivity (Wildman–Crippen MR) is 179 cm³/mol. The number of hydrogen-bond donors (Lipinski definition) is 0. The van der Waals surface area contributed by atoms with Gasteiger partial charge in [-0.15, -0.1) is 0 Å². The molecule has 0 unspecified atom stereocenters. The second-order valence-electron chi connectivity index (χ2n) is 14.5. The number of rotatable bonds is 11. The molecule has 3 aromatic rings. The van der Waals surface area contributed by atoms with Crippen LogP contribution in [0.3, 0.4) is 0 Å². The molecule has 0 heteroatoms. The summed E-state index contributed by atoms with van der Waals surface area (Å²) in [5, 5.41) is 0. The van der Waals surface area contributed by atoms with Gasteiger partial charge in [-0.3, -0.25) is 0 Å². The lowest BCUT2D eigenvalue weighted by molar-refractivity contribution is 0.332. The molecular formula is C41H54. The van der Waals surface area contributed by atoms with Crippen molar-refractivity contribution in [3.05, 3.63) is 106 Å². The van der Waals surface area contributed by atoms with Crippen molar-refractivity contribution in [2.75, 3.05) is 0 Å². The van der Waals surface area contributed by atoms with E-state index < -0.39 is 0 Å². The monoisotopic (exact) mass is 546 g/mol. The highest BCUT2D eigenvalue weighted by molar-refractivity contribution is 5.73. The maximum absolute atomic E-state index is 4.38. The molecule has 0 heterocycles. The molecule has 2 fully saturated rings. The van der Waals surface area contributed by atoms with Crippen LogP contribution >= 0.6 is 0 Å². The highest BCUT2D eigenvalue weighted by atomic mass is 14.4. The molecule has 5 rings (SSSR count). The third-order valence-electron chi connectivity index (χ3n) is 10.7. The fourth-order valence-electron chi connectivity index (χ4n) is 7.63. The van der Waals surface area contributed by atoms with Gasteiger partial charge in [0.2, 0.25) is 0 Å². The molecule has 2 saturated carbocycles. The molecule has 0 spiro atoms. The van der Waals surface area contributed by atoms with E-state index in [0.717, 1.165) is 31.6 Å². The Bertz CT molecular complexity index is 1380. The van der Waals surface area contributed by atoms with E-state index in [9.17, 15) is 0 Å². The standard InChI is InChI=1S/C41H54/c1-9-28(4)24-38(33-20-21-33)35-13-10-12-32(30(35)6)19-16-31-17-22-36(37-26-34(27(2)3)18-15-29(37)5)39(25-31)40-14-11-23-41(40,7)8/h10,12-13,15,17-18,22,25-27,33,38,40H,4,9,11,14,16,19-21,23-24H2,1-3,5-8H3/t38-,40+/m1/s1. The Hall–Kier alpha value is -2.60. The van der Waals surface area contributed by atoms with E-state index in [2.05, 4.69) is 110 Å². The van der Waals surface area contributed by atoms with Crippen molar-refractivity contribution in [2.24, 2.45) is 11.3 Å². The zero-order valence-electron chi connectivity index (χ0n) is 27.1.